The molecule has 0 unspecified atom stereocenters. The smallest absolute Gasteiger partial charge is 0.308 e. The second-order valence-electron chi connectivity index (χ2n) is 6.53. The Kier molecular flexibility index (Phi) is 6.78. The zero-order valence-electron chi connectivity index (χ0n) is 15.4. The van der Waals surface area contributed by atoms with Gasteiger partial charge in [0.15, 0.2) is 6.61 Å². The molecule has 0 fully saturated rings. The van der Waals surface area contributed by atoms with Gasteiger partial charge in [0.2, 0.25) is 0 Å². The summed E-state index contributed by atoms with van der Waals surface area (Å²) in [5, 5.41) is 12.1. The molecule has 0 bridgehead atoms. The van der Waals surface area contributed by atoms with Gasteiger partial charge in [-0.1, -0.05) is 42.0 Å². The summed E-state index contributed by atoms with van der Waals surface area (Å²) in [6, 6.07) is 13.4. The van der Waals surface area contributed by atoms with E-state index in [-0.39, 0.29) is 19.1 Å². The summed E-state index contributed by atoms with van der Waals surface area (Å²) in [7, 11) is 0. The summed E-state index contributed by atoms with van der Waals surface area (Å²) in [6.07, 6.45) is 0.375. The number of aliphatic carboxylic acids is 1. The van der Waals surface area contributed by atoms with Gasteiger partial charge in [0.05, 0.1) is 5.92 Å². The summed E-state index contributed by atoms with van der Waals surface area (Å²) in [4.78, 5) is 23.5. The number of benzene rings is 2. The highest BCUT2D eigenvalue weighted by Gasteiger charge is 2.20. The molecule has 0 aliphatic heterocycles. The van der Waals surface area contributed by atoms with E-state index in [1.54, 1.807) is 0 Å². The number of hydrogen-bond donors (Lipinski definition) is 2. The minimum Gasteiger partial charge on any atom is -0.484 e. The van der Waals surface area contributed by atoms with Gasteiger partial charge in [-0.15, -0.1) is 0 Å². The van der Waals surface area contributed by atoms with E-state index in [4.69, 9.17) is 4.74 Å². The molecule has 2 rings (SSSR count). The number of carboxylic acids is 1. The van der Waals surface area contributed by atoms with Crippen LogP contribution in [0.25, 0.3) is 0 Å². The lowest BCUT2D eigenvalue weighted by atomic mass is 9.96. The standard InChI is InChI=1S/C21H25NO4/c1-14-8-9-19(16(3)10-14)26-13-20(23)22-12-18(21(24)25)11-17-7-5-4-6-15(17)2/h4-10,18H,11-13H2,1-3H3,(H,22,23)(H,24,25)/t18-/m1/s1. The quantitative estimate of drug-likeness (QED) is 0.763. The van der Waals surface area contributed by atoms with Crippen LogP contribution in [0.15, 0.2) is 42.5 Å². The number of amides is 1. The number of carbonyl (C=O) groups is 2. The predicted octanol–water partition coefficient (Wildman–Crippen LogP) is 3.05. The normalized spacial score (nSPS) is 11.7. The molecule has 2 aromatic rings. The molecule has 5 heteroatoms. The number of nitrogens with one attached hydrogen (secondary N) is 1. The lowest BCUT2D eigenvalue weighted by molar-refractivity contribution is -0.141. The van der Waals surface area contributed by atoms with E-state index in [2.05, 4.69) is 5.32 Å². The minimum absolute atomic E-state index is 0.0682. The topological polar surface area (TPSA) is 75.6 Å². The van der Waals surface area contributed by atoms with Gasteiger partial charge in [-0.25, -0.2) is 0 Å². The number of rotatable bonds is 8. The Hall–Kier alpha value is -2.82. The van der Waals surface area contributed by atoms with E-state index < -0.39 is 11.9 Å². The van der Waals surface area contributed by atoms with Gasteiger partial charge in [0.1, 0.15) is 5.75 Å². The Morgan fingerprint density at radius 1 is 1.08 bits per heavy atom. The highest BCUT2D eigenvalue weighted by Crippen LogP contribution is 2.18. The SMILES string of the molecule is Cc1ccc(OCC(=O)NC[C@@H](Cc2ccccc2C)C(=O)O)c(C)c1. The average Bonchev–Trinajstić information content (AvgIpc) is 2.59. The maximum atomic E-state index is 12.0. The van der Waals surface area contributed by atoms with E-state index in [1.807, 2.05) is 63.2 Å². The average molecular weight is 355 g/mol. The predicted molar refractivity (Wildman–Crippen MR) is 100 cm³/mol. The van der Waals surface area contributed by atoms with Crippen LogP contribution >= 0.6 is 0 Å². The van der Waals surface area contributed by atoms with Gasteiger partial charge in [0.25, 0.3) is 5.91 Å². The third-order valence-electron chi connectivity index (χ3n) is 4.31. The maximum absolute atomic E-state index is 12.0. The van der Waals surface area contributed by atoms with Crippen molar-refractivity contribution in [3.05, 3.63) is 64.7 Å². The fourth-order valence-electron chi connectivity index (χ4n) is 2.74. The van der Waals surface area contributed by atoms with Gasteiger partial charge >= 0.3 is 5.97 Å². The van der Waals surface area contributed by atoms with Crippen molar-refractivity contribution in [3.8, 4) is 5.75 Å². The van der Waals surface area contributed by atoms with Crippen molar-refractivity contribution in [2.75, 3.05) is 13.2 Å². The molecule has 0 spiro atoms. The number of ether oxygens (including phenoxy) is 1. The van der Waals surface area contributed by atoms with Crippen LogP contribution in [0.4, 0.5) is 0 Å². The van der Waals surface area contributed by atoms with Crippen molar-refractivity contribution in [3.63, 3.8) is 0 Å². The van der Waals surface area contributed by atoms with Crippen LogP contribution in [0.2, 0.25) is 0 Å². The van der Waals surface area contributed by atoms with Gasteiger partial charge in [-0.2, -0.15) is 0 Å². The Bertz CT molecular complexity index is 785. The van der Waals surface area contributed by atoms with E-state index >= 15 is 0 Å². The Morgan fingerprint density at radius 3 is 2.46 bits per heavy atom. The summed E-state index contributed by atoms with van der Waals surface area (Å²) in [6.45, 7) is 5.79. The van der Waals surface area contributed by atoms with Crippen LogP contribution in [-0.4, -0.2) is 30.1 Å². The molecule has 138 valence electrons. The van der Waals surface area contributed by atoms with Crippen molar-refractivity contribution in [1.82, 2.24) is 5.32 Å². The van der Waals surface area contributed by atoms with Gasteiger partial charge in [-0.05, 0) is 49.9 Å². The van der Waals surface area contributed by atoms with Crippen LogP contribution in [0.5, 0.6) is 5.75 Å². The molecule has 2 N–H and O–H groups in total. The molecular weight excluding hydrogens is 330 g/mol. The van der Waals surface area contributed by atoms with Crippen molar-refractivity contribution >= 4 is 11.9 Å². The zero-order valence-corrected chi connectivity index (χ0v) is 15.4. The van der Waals surface area contributed by atoms with Gasteiger partial charge in [0, 0.05) is 6.54 Å². The van der Waals surface area contributed by atoms with Crippen molar-refractivity contribution in [1.29, 1.82) is 0 Å². The first-order chi connectivity index (χ1) is 12.4. The molecule has 1 atom stereocenters. The molecule has 0 saturated heterocycles. The first-order valence-electron chi connectivity index (χ1n) is 8.61. The molecule has 0 radical (unpaired) electrons. The summed E-state index contributed by atoms with van der Waals surface area (Å²) in [5.41, 5.74) is 4.10. The maximum Gasteiger partial charge on any atom is 0.308 e. The van der Waals surface area contributed by atoms with Gasteiger partial charge in [-0.3, -0.25) is 9.59 Å². The molecule has 0 aliphatic carbocycles. The van der Waals surface area contributed by atoms with Crippen molar-refractivity contribution in [2.24, 2.45) is 5.92 Å². The fraction of sp³-hybridized carbons (Fsp3) is 0.333. The van der Waals surface area contributed by atoms with Crippen molar-refractivity contribution in [2.45, 2.75) is 27.2 Å². The lowest BCUT2D eigenvalue weighted by Crippen LogP contribution is -2.36. The zero-order chi connectivity index (χ0) is 19.1. The van der Waals surface area contributed by atoms with Crippen LogP contribution in [0.3, 0.4) is 0 Å². The summed E-state index contributed by atoms with van der Waals surface area (Å²) >= 11 is 0. The molecule has 5 nitrogen and oxygen atoms in total. The summed E-state index contributed by atoms with van der Waals surface area (Å²) < 4.78 is 5.52. The third kappa shape index (κ3) is 5.62. The van der Waals surface area contributed by atoms with Gasteiger partial charge < -0.3 is 15.2 Å². The van der Waals surface area contributed by atoms with E-state index in [0.29, 0.717) is 12.2 Å². The molecular formula is C21H25NO4. The molecule has 0 aliphatic rings. The molecule has 2 aromatic carbocycles. The second kappa shape index (κ2) is 9.04. The van der Waals surface area contributed by atoms with E-state index in [0.717, 1.165) is 22.3 Å². The van der Waals surface area contributed by atoms with E-state index in [1.165, 1.54) is 0 Å². The minimum atomic E-state index is -0.927. The summed E-state index contributed by atoms with van der Waals surface area (Å²) in [5.74, 6) is -1.29. The van der Waals surface area contributed by atoms with Crippen molar-refractivity contribution < 1.29 is 19.4 Å². The molecule has 0 heterocycles. The van der Waals surface area contributed by atoms with Crippen LogP contribution in [0.1, 0.15) is 22.3 Å². The van der Waals surface area contributed by atoms with E-state index in [9.17, 15) is 14.7 Å². The number of carboxylic acid groups (broad SMARTS) is 1. The second-order valence-corrected chi connectivity index (χ2v) is 6.53. The molecule has 26 heavy (non-hydrogen) atoms. The third-order valence-corrected chi connectivity index (χ3v) is 4.31. The molecule has 0 saturated carbocycles. The Morgan fingerprint density at radius 2 is 1.81 bits per heavy atom. The van der Waals surface area contributed by atoms with Crippen LogP contribution in [0, 0.1) is 26.7 Å². The van der Waals surface area contributed by atoms with Crippen LogP contribution in [-0.2, 0) is 16.0 Å². The monoisotopic (exact) mass is 355 g/mol. The highest BCUT2D eigenvalue weighted by molar-refractivity contribution is 5.78. The lowest BCUT2D eigenvalue weighted by Gasteiger charge is -2.15. The largest absolute Gasteiger partial charge is 0.484 e. The first-order valence-corrected chi connectivity index (χ1v) is 8.61. The first kappa shape index (κ1) is 19.5. The number of carbonyl (C=O) groups excluding carboxylic acids is 1. The molecule has 0 aromatic heterocycles. The number of hydrogen-bond acceptors (Lipinski definition) is 3. The fourth-order valence-corrected chi connectivity index (χ4v) is 2.74. The number of aryl methyl sites for hydroxylation is 3. The highest BCUT2D eigenvalue weighted by atomic mass is 16.5. The molecule has 1 amide bonds. The van der Waals surface area contributed by atoms with Crippen LogP contribution < -0.4 is 10.1 Å². The Balaban J connectivity index is 1.87. The Labute approximate surface area is 154 Å².